The number of benzene rings is 2. The Morgan fingerprint density at radius 2 is 1.71 bits per heavy atom. The zero-order valence-electron chi connectivity index (χ0n) is 19.3. The molecule has 0 aliphatic carbocycles. The van der Waals surface area contributed by atoms with E-state index in [1.54, 1.807) is 54.6 Å². The number of hydrogen-bond donors (Lipinski definition) is 3. The van der Waals surface area contributed by atoms with Crippen LogP contribution in [0.5, 0.6) is 5.75 Å². The molecule has 9 heteroatoms. The molecule has 2 aromatic rings. The molecule has 1 fully saturated rings. The molecule has 1 aliphatic rings. The average Bonchev–Trinajstić information content (AvgIpc) is 2.80. The first-order chi connectivity index (χ1) is 15.9. The van der Waals surface area contributed by atoms with Gasteiger partial charge >= 0.3 is 5.97 Å². The number of ether oxygens (including phenoxy) is 1. The number of carbonyl (C=O) groups is 1. The Morgan fingerprint density at radius 3 is 2.35 bits per heavy atom. The van der Waals surface area contributed by atoms with Crippen LogP contribution in [0.4, 0.5) is 0 Å². The summed E-state index contributed by atoms with van der Waals surface area (Å²) in [5, 5.41) is 12.9. The molecular weight excluding hydrogens is 476 g/mol. The Bertz CT molecular complexity index is 965. The zero-order valence-corrected chi connectivity index (χ0v) is 21.0. The molecule has 1 atom stereocenters. The molecule has 0 saturated carbocycles. The number of halogens is 1. The topological polar surface area (TPSA) is 105 Å². The lowest BCUT2D eigenvalue weighted by molar-refractivity contribution is -0.138. The van der Waals surface area contributed by atoms with Gasteiger partial charge in [-0.25, -0.2) is 13.1 Å². The summed E-state index contributed by atoms with van der Waals surface area (Å²) in [4.78, 5) is 11.7. The average molecular weight is 511 g/mol. The Labute approximate surface area is 208 Å². The van der Waals surface area contributed by atoms with E-state index in [2.05, 4.69) is 10.0 Å². The van der Waals surface area contributed by atoms with Gasteiger partial charge in [-0.05, 0) is 74.4 Å². The second-order valence-electron chi connectivity index (χ2n) is 8.64. The molecule has 1 aliphatic heterocycles. The van der Waals surface area contributed by atoms with Crippen molar-refractivity contribution in [1.29, 1.82) is 0 Å². The number of piperidine rings is 1. The van der Waals surface area contributed by atoms with Crippen molar-refractivity contribution in [2.24, 2.45) is 5.92 Å². The van der Waals surface area contributed by atoms with Gasteiger partial charge in [-0.1, -0.05) is 48.9 Å². The van der Waals surface area contributed by atoms with Gasteiger partial charge in [-0.2, -0.15) is 0 Å². The van der Waals surface area contributed by atoms with Crippen LogP contribution in [0.1, 0.15) is 43.2 Å². The molecule has 34 heavy (non-hydrogen) atoms. The standard InChI is InChI=1S/C25H34N2O5S.ClH/c28-25(29)24(27-33(30,31)19-22-7-2-1-3-8-22)18-21-9-11-23(12-10-21)32-17-5-4-6-20-13-15-26-16-14-20;/h1-3,7-12,20,24,26-27H,4-6,13-19H2,(H,28,29);1H/t24-;/m0./s1. The zero-order chi connectivity index (χ0) is 23.5. The second-order valence-corrected chi connectivity index (χ2v) is 10.4. The first-order valence-electron chi connectivity index (χ1n) is 11.6. The second kappa shape index (κ2) is 14.3. The highest BCUT2D eigenvalue weighted by molar-refractivity contribution is 7.88. The lowest BCUT2D eigenvalue weighted by atomic mass is 9.93. The molecule has 188 valence electrons. The number of unbranched alkanes of at least 4 members (excludes halogenated alkanes) is 1. The third-order valence-corrected chi connectivity index (χ3v) is 7.27. The molecule has 0 spiro atoms. The van der Waals surface area contributed by atoms with E-state index in [4.69, 9.17) is 4.74 Å². The summed E-state index contributed by atoms with van der Waals surface area (Å²) in [6.45, 7) is 2.91. The highest BCUT2D eigenvalue weighted by Gasteiger charge is 2.24. The lowest BCUT2D eigenvalue weighted by Crippen LogP contribution is -2.42. The summed E-state index contributed by atoms with van der Waals surface area (Å²) < 4.78 is 33.0. The fourth-order valence-corrected chi connectivity index (χ4v) is 5.42. The van der Waals surface area contributed by atoms with E-state index in [0.717, 1.165) is 43.2 Å². The summed E-state index contributed by atoms with van der Waals surface area (Å²) in [5.41, 5.74) is 1.33. The van der Waals surface area contributed by atoms with Crippen LogP contribution in [-0.4, -0.2) is 45.2 Å². The van der Waals surface area contributed by atoms with Crippen LogP contribution in [0.2, 0.25) is 0 Å². The predicted molar refractivity (Wildman–Crippen MR) is 136 cm³/mol. The van der Waals surface area contributed by atoms with Gasteiger partial charge in [0.2, 0.25) is 10.0 Å². The van der Waals surface area contributed by atoms with Crippen LogP contribution in [0.25, 0.3) is 0 Å². The van der Waals surface area contributed by atoms with Crippen molar-refractivity contribution in [1.82, 2.24) is 10.0 Å². The smallest absolute Gasteiger partial charge is 0.322 e. The van der Waals surface area contributed by atoms with Crippen LogP contribution in [0.3, 0.4) is 0 Å². The molecule has 0 radical (unpaired) electrons. The van der Waals surface area contributed by atoms with Crippen LogP contribution < -0.4 is 14.8 Å². The minimum absolute atomic E-state index is 0. The van der Waals surface area contributed by atoms with Crippen LogP contribution in [0, 0.1) is 5.92 Å². The number of rotatable bonds is 13. The minimum Gasteiger partial charge on any atom is -0.494 e. The SMILES string of the molecule is Cl.O=C(O)[C@H](Cc1ccc(OCCCCC2CCNCC2)cc1)NS(=O)(=O)Cc1ccccc1. The van der Waals surface area contributed by atoms with Crippen LogP contribution in [-0.2, 0) is 27.0 Å². The first-order valence-corrected chi connectivity index (χ1v) is 13.3. The largest absolute Gasteiger partial charge is 0.494 e. The number of aliphatic carboxylic acids is 1. The third kappa shape index (κ3) is 10.0. The Kier molecular flexibility index (Phi) is 11.8. The van der Waals surface area contributed by atoms with Gasteiger partial charge in [0.15, 0.2) is 0 Å². The molecule has 1 heterocycles. The molecule has 2 aromatic carbocycles. The number of carboxylic acids is 1. The van der Waals surface area contributed by atoms with Crippen molar-refractivity contribution >= 4 is 28.4 Å². The maximum absolute atomic E-state index is 12.4. The number of nitrogens with one attached hydrogen (secondary N) is 2. The normalized spacial score (nSPS) is 15.3. The fourth-order valence-electron chi connectivity index (χ4n) is 4.08. The number of hydrogen-bond acceptors (Lipinski definition) is 5. The predicted octanol–water partition coefficient (Wildman–Crippen LogP) is 3.77. The van der Waals surface area contributed by atoms with Gasteiger partial charge < -0.3 is 15.2 Å². The molecule has 3 rings (SSSR count). The number of carboxylic acid groups (broad SMARTS) is 1. The molecule has 0 aromatic heterocycles. The quantitative estimate of drug-likeness (QED) is 0.354. The Hall–Kier alpha value is -2.13. The maximum Gasteiger partial charge on any atom is 0.322 e. The van der Waals surface area contributed by atoms with Gasteiger partial charge in [0, 0.05) is 0 Å². The Morgan fingerprint density at radius 1 is 1.03 bits per heavy atom. The maximum atomic E-state index is 12.4. The summed E-state index contributed by atoms with van der Waals surface area (Å²) in [7, 11) is -3.79. The van der Waals surface area contributed by atoms with Crippen LogP contribution in [0.15, 0.2) is 54.6 Å². The molecular formula is C25H35ClN2O5S. The van der Waals surface area contributed by atoms with Gasteiger partial charge in [0.25, 0.3) is 0 Å². The molecule has 1 saturated heterocycles. The van der Waals surface area contributed by atoms with E-state index >= 15 is 0 Å². The molecule has 0 unspecified atom stereocenters. The van der Waals surface area contributed by atoms with Gasteiger partial charge in [-0.3, -0.25) is 4.79 Å². The summed E-state index contributed by atoms with van der Waals surface area (Å²) in [6, 6.07) is 14.6. The summed E-state index contributed by atoms with van der Waals surface area (Å²) >= 11 is 0. The van der Waals surface area contributed by atoms with Crippen molar-refractivity contribution in [3.8, 4) is 5.75 Å². The highest BCUT2D eigenvalue weighted by atomic mass is 35.5. The van der Waals surface area contributed by atoms with Crippen molar-refractivity contribution in [2.75, 3.05) is 19.7 Å². The van der Waals surface area contributed by atoms with Crippen molar-refractivity contribution in [3.05, 3.63) is 65.7 Å². The van der Waals surface area contributed by atoms with Crippen molar-refractivity contribution in [2.45, 2.75) is 50.3 Å². The van der Waals surface area contributed by atoms with E-state index in [9.17, 15) is 18.3 Å². The monoisotopic (exact) mass is 510 g/mol. The molecule has 7 nitrogen and oxygen atoms in total. The van der Waals surface area contributed by atoms with E-state index < -0.39 is 22.0 Å². The van der Waals surface area contributed by atoms with Gasteiger partial charge in [-0.15, -0.1) is 12.4 Å². The summed E-state index contributed by atoms with van der Waals surface area (Å²) in [5.74, 6) is 0.0952. The van der Waals surface area contributed by atoms with Crippen molar-refractivity contribution < 1.29 is 23.1 Å². The van der Waals surface area contributed by atoms with E-state index in [-0.39, 0.29) is 24.6 Å². The van der Waals surface area contributed by atoms with Crippen LogP contribution >= 0.6 is 12.4 Å². The lowest BCUT2D eigenvalue weighted by Gasteiger charge is -2.22. The molecule has 0 amide bonds. The van der Waals surface area contributed by atoms with Gasteiger partial charge in [0.05, 0.1) is 12.4 Å². The van der Waals surface area contributed by atoms with Crippen molar-refractivity contribution in [3.63, 3.8) is 0 Å². The number of sulfonamides is 1. The molecule has 0 bridgehead atoms. The summed E-state index contributed by atoms with van der Waals surface area (Å²) in [6.07, 6.45) is 6.01. The van der Waals surface area contributed by atoms with E-state index in [1.807, 2.05) is 0 Å². The highest BCUT2D eigenvalue weighted by Crippen LogP contribution is 2.19. The minimum atomic E-state index is -3.79. The fraction of sp³-hybridized carbons (Fsp3) is 0.480. The Balaban J connectivity index is 0.00000408. The third-order valence-electron chi connectivity index (χ3n) is 5.92. The first kappa shape index (κ1) is 28.1. The van der Waals surface area contributed by atoms with E-state index in [1.165, 1.54) is 19.3 Å². The molecule has 3 N–H and O–H groups in total. The van der Waals surface area contributed by atoms with Gasteiger partial charge in [0.1, 0.15) is 11.8 Å². The van der Waals surface area contributed by atoms with E-state index in [0.29, 0.717) is 12.2 Å².